The summed E-state index contributed by atoms with van der Waals surface area (Å²) >= 11 is 0. The van der Waals surface area contributed by atoms with E-state index in [0.717, 1.165) is 12.2 Å². The van der Waals surface area contributed by atoms with Gasteiger partial charge >= 0.3 is 6.18 Å². The second kappa shape index (κ2) is 6.09. The monoisotopic (exact) mass is 305 g/mol. The normalized spacial score (nSPS) is 22.9. The topological polar surface area (TPSA) is 62.5 Å². The second-order valence-corrected chi connectivity index (χ2v) is 5.49. The van der Waals surface area contributed by atoms with E-state index >= 15 is 0 Å². The molecule has 1 fully saturated rings. The highest BCUT2D eigenvalue weighted by atomic mass is 19.4. The third-order valence-electron chi connectivity index (χ3n) is 3.63. The molecule has 2 N–H and O–H groups in total. The molecule has 1 aromatic heterocycles. The van der Waals surface area contributed by atoms with Gasteiger partial charge in [-0.15, -0.1) is 0 Å². The minimum Gasteiger partial charge on any atom is -0.466 e. The summed E-state index contributed by atoms with van der Waals surface area (Å²) in [6.07, 6.45) is -5.80. The van der Waals surface area contributed by atoms with Gasteiger partial charge in [-0.25, -0.2) is 0 Å². The Hall–Kier alpha value is -1.50. The highest BCUT2D eigenvalue weighted by Crippen LogP contribution is 2.47. The van der Waals surface area contributed by atoms with E-state index in [1.165, 1.54) is 0 Å². The van der Waals surface area contributed by atoms with Crippen molar-refractivity contribution in [1.82, 2.24) is 5.32 Å². The van der Waals surface area contributed by atoms with E-state index in [1.54, 1.807) is 6.07 Å². The number of furan rings is 1. The molecule has 118 valence electrons. The van der Waals surface area contributed by atoms with Gasteiger partial charge < -0.3 is 14.8 Å². The lowest BCUT2D eigenvalue weighted by molar-refractivity contribution is -0.201. The van der Waals surface area contributed by atoms with E-state index < -0.39 is 24.7 Å². The maximum absolute atomic E-state index is 12.0. The van der Waals surface area contributed by atoms with E-state index in [-0.39, 0.29) is 6.42 Å². The van der Waals surface area contributed by atoms with Crippen molar-refractivity contribution in [2.75, 3.05) is 6.54 Å². The van der Waals surface area contributed by atoms with E-state index in [0.29, 0.717) is 24.0 Å². The molecule has 1 amide bonds. The summed E-state index contributed by atoms with van der Waals surface area (Å²) in [5.74, 6) is 2.09. The summed E-state index contributed by atoms with van der Waals surface area (Å²) in [5.41, 5.74) is 0. The van der Waals surface area contributed by atoms with Crippen LogP contribution in [-0.4, -0.2) is 29.8 Å². The van der Waals surface area contributed by atoms with Crippen LogP contribution in [0.15, 0.2) is 16.5 Å². The zero-order valence-electron chi connectivity index (χ0n) is 11.6. The first-order chi connectivity index (χ1) is 9.77. The number of carbonyl (C=O) groups excluding carboxylic acids is 1. The van der Waals surface area contributed by atoms with Crippen LogP contribution in [0.2, 0.25) is 0 Å². The number of halogens is 3. The lowest BCUT2D eigenvalue weighted by Crippen LogP contribution is -2.40. The van der Waals surface area contributed by atoms with Crippen LogP contribution in [0.3, 0.4) is 0 Å². The van der Waals surface area contributed by atoms with Crippen molar-refractivity contribution in [2.24, 2.45) is 5.92 Å². The van der Waals surface area contributed by atoms with Crippen LogP contribution >= 0.6 is 0 Å². The predicted octanol–water partition coefficient (Wildman–Crippen LogP) is 2.38. The Morgan fingerprint density at radius 3 is 2.76 bits per heavy atom. The Morgan fingerprint density at radius 2 is 2.19 bits per heavy atom. The molecule has 1 aromatic rings. The molecule has 1 aliphatic carbocycles. The van der Waals surface area contributed by atoms with Crippen LogP contribution < -0.4 is 5.32 Å². The zero-order valence-corrected chi connectivity index (χ0v) is 11.6. The third-order valence-corrected chi connectivity index (χ3v) is 3.63. The summed E-state index contributed by atoms with van der Waals surface area (Å²) in [6, 6.07) is 3.67. The number of hydrogen-bond acceptors (Lipinski definition) is 3. The summed E-state index contributed by atoms with van der Waals surface area (Å²) in [6.45, 7) is 1.30. The Morgan fingerprint density at radius 1 is 1.52 bits per heavy atom. The Kier molecular flexibility index (Phi) is 4.61. The molecule has 3 unspecified atom stereocenters. The van der Waals surface area contributed by atoms with Gasteiger partial charge in [-0.3, -0.25) is 4.79 Å². The summed E-state index contributed by atoms with van der Waals surface area (Å²) in [4.78, 5) is 11.4. The van der Waals surface area contributed by atoms with Crippen molar-refractivity contribution in [1.29, 1.82) is 0 Å². The molecule has 2 rings (SSSR count). The van der Waals surface area contributed by atoms with Gasteiger partial charge in [0.25, 0.3) is 0 Å². The first kappa shape index (κ1) is 15.9. The minimum absolute atomic E-state index is 0.0255. The number of aliphatic hydroxyl groups is 1. The molecule has 1 heterocycles. The van der Waals surface area contributed by atoms with Crippen LogP contribution in [0.25, 0.3) is 0 Å². The van der Waals surface area contributed by atoms with Gasteiger partial charge in [-0.05, 0) is 24.5 Å². The van der Waals surface area contributed by atoms with Crippen LogP contribution in [-0.2, 0) is 11.2 Å². The van der Waals surface area contributed by atoms with Crippen LogP contribution in [0.1, 0.15) is 37.2 Å². The number of rotatable bonds is 6. The highest BCUT2D eigenvalue weighted by Gasteiger charge is 2.38. The number of aryl methyl sites for hydroxylation is 1. The van der Waals surface area contributed by atoms with Crippen molar-refractivity contribution < 1.29 is 27.5 Å². The molecular formula is C14H18F3NO3. The lowest BCUT2D eigenvalue weighted by atomic mass is 10.2. The molecule has 1 aliphatic rings. The molecule has 0 aliphatic heterocycles. The number of hydrogen-bond donors (Lipinski definition) is 2. The van der Waals surface area contributed by atoms with Gasteiger partial charge in [-0.2, -0.15) is 13.2 Å². The van der Waals surface area contributed by atoms with Crippen LogP contribution in [0.5, 0.6) is 0 Å². The van der Waals surface area contributed by atoms with E-state index in [2.05, 4.69) is 12.2 Å². The Bertz CT molecular complexity index is 498. The van der Waals surface area contributed by atoms with E-state index in [9.17, 15) is 18.0 Å². The van der Waals surface area contributed by atoms with Crippen molar-refractivity contribution in [3.05, 3.63) is 23.7 Å². The number of aliphatic hydroxyl groups excluding tert-OH is 1. The quantitative estimate of drug-likeness (QED) is 0.848. The number of nitrogens with one attached hydrogen (secondary N) is 1. The van der Waals surface area contributed by atoms with Crippen molar-refractivity contribution in [2.45, 2.75) is 44.4 Å². The van der Waals surface area contributed by atoms with E-state index in [4.69, 9.17) is 9.52 Å². The largest absolute Gasteiger partial charge is 0.466 e. The summed E-state index contributed by atoms with van der Waals surface area (Å²) in [7, 11) is 0. The smallest absolute Gasteiger partial charge is 0.416 e. The van der Waals surface area contributed by atoms with Gasteiger partial charge in [0.05, 0.1) is 6.54 Å². The number of carbonyl (C=O) groups is 1. The van der Waals surface area contributed by atoms with Gasteiger partial charge in [0, 0.05) is 18.8 Å². The fourth-order valence-electron chi connectivity index (χ4n) is 2.10. The first-order valence-electron chi connectivity index (χ1n) is 6.87. The highest BCUT2D eigenvalue weighted by molar-refractivity contribution is 5.76. The van der Waals surface area contributed by atoms with Crippen molar-refractivity contribution >= 4 is 5.91 Å². The predicted molar refractivity (Wildman–Crippen MR) is 68.6 cm³/mol. The van der Waals surface area contributed by atoms with Gasteiger partial charge in [0.2, 0.25) is 5.91 Å². The molecule has 0 spiro atoms. The van der Waals surface area contributed by atoms with Gasteiger partial charge in [0.15, 0.2) is 6.10 Å². The minimum atomic E-state index is -4.72. The standard InChI is InChI=1S/C14H18F3NO3/c1-8-6-10(8)11-4-2-9(21-11)3-5-13(20)18-7-12(19)14(15,16)17/h2,4,8,10,12,19H,3,5-7H2,1H3,(H,18,20). The molecule has 0 aromatic carbocycles. The van der Waals surface area contributed by atoms with Gasteiger partial charge in [0.1, 0.15) is 11.5 Å². The van der Waals surface area contributed by atoms with Crippen molar-refractivity contribution in [3.63, 3.8) is 0 Å². The molecule has 0 radical (unpaired) electrons. The molecule has 4 nitrogen and oxygen atoms in total. The molecule has 21 heavy (non-hydrogen) atoms. The fourth-order valence-corrected chi connectivity index (χ4v) is 2.10. The van der Waals surface area contributed by atoms with Gasteiger partial charge in [-0.1, -0.05) is 6.92 Å². The molecule has 7 heteroatoms. The molecule has 0 bridgehead atoms. The molecule has 0 saturated heterocycles. The SMILES string of the molecule is CC1CC1c1ccc(CCC(=O)NCC(O)C(F)(F)F)o1. The first-order valence-corrected chi connectivity index (χ1v) is 6.87. The zero-order chi connectivity index (χ0) is 15.6. The van der Waals surface area contributed by atoms with Crippen molar-refractivity contribution in [3.8, 4) is 0 Å². The summed E-state index contributed by atoms with van der Waals surface area (Å²) in [5, 5.41) is 10.8. The molecule has 1 saturated carbocycles. The fraction of sp³-hybridized carbons (Fsp3) is 0.643. The van der Waals surface area contributed by atoms with E-state index in [1.807, 2.05) is 6.07 Å². The maximum Gasteiger partial charge on any atom is 0.416 e. The molecular weight excluding hydrogens is 287 g/mol. The lowest BCUT2D eigenvalue weighted by Gasteiger charge is -2.14. The maximum atomic E-state index is 12.0. The molecule has 3 atom stereocenters. The third kappa shape index (κ3) is 4.49. The average molecular weight is 305 g/mol. The average Bonchev–Trinajstić information content (AvgIpc) is 2.95. The number of amides is 1. The Labute approximate surface area is 120 Å². The van der Waals surface area contributed by atoms with Crippen LogP contribution in [0, 0.1) is 5.92 Å². The van der Waals surface area contributed by atoms with Crippen LogP contribution in [0.4, 0.5) is 13.2 Å². The Balaban J connectivity index is 1.70. The second-order valence-electron chi connectivity index (χ2n) is 5.49. The summed E-state index contributed by atoms with van der Waals surface area (Å²) < 4.78 is 41.7. The number of alkyl halides is 3.